The molecule has 0 spiro atoms. The van der Waals surface area contributed by atoms with Crippen molar-refractivity contribution in [1.82, 2.24) is 0 Å². The standard InChI is InChI=1S/C17H16ClNO4/c1-11(20)8-14-3-2-12(9-16(14)19(22)23)10-17(21)13-4-6-15(18)7-5-13/h2-7,9,17,21H,8,10H2,1H3. The quantitative estimate of drug-likeness (QED) is 0.646. The topological polar surface area (TPSA) is 80.4 Å². The van der Waals surface area contributed by atoms with Crippen molar-refractivity contribution in [3.05, 3.63) is 74.3 Å². The normalized spacial score (nSPS) is 12.0. The third-order valence-corrected chi connectivity index (χ3v) is 3.72. The monoisotopic (exact) mass is 333 g/mol. The van der Waals surface area contributed by atoms with Gasteiger partial charge in [-0.25, -0.2) is 0 Å². The summed E-state index contributed by atoms with van der Waals surface area (Å²) >= 11 is 5.81. The molecule has 120 valence electrons. The van der Waals surface area contributed by atoms with Gasteiger partial charge in [0.1, 0.15) is 5.78 Å². The van der Waals surface area contributed by atoms with E-state index in [4.69, 9.17) is 11.6 Å². The number of ketones is 1. The molecule has 2 rings (SSSR count). The second-order valence-corrected chi connectivity index (χ2v) is 5.81. The molecule has 0 aliphatic carbocycles. The maximum Gasteiger partial charge on any atom is 0.273 e. The zero-order valence-electron chi connectivity index (χ0n) is 12.5. The van der Waals surface area contributed by atoms with Crippen molar-refractivity contribution in [3.8, 4) is 0 Å². The molecule has 2 aromatic carbocycles. The largest absolute Gasteiger partial charge is 0.388 e. The number of aliphatic hydroxyl groups is 1. The first kappa shape index (κ1) is 17.1. The molecule has 0 aliphatic rings. The minimum absolute atomic E-state index is 0.0241. The number of rotatable bonds is 6. The molecule has 0 fully saturated rings. The van der Waals surface area contributed by atoms with Gasteiger partial charge in [-0.3, -0.25) is 14.9 Å². The number of nitro benzene ring substituents is 1. The summed E-state index contributed by atoms with van der Waals surface area (Å²) in [5.74, 6) is -0.137. The minimum Gasteiger partial charge on any atom is -0.388 e. The summed E-state index contributed by atoms with van der Waals surface area (Å²) in [7, 11) is 0. The molecule has 0 amide bonds. The Kier molecular flexibility index (Phi) is 5.47. The molecule has 0 bridgehead atoms. The van der Waals surface area contributed by atoms with Gasteiger partial charge >= 0.3 is 0 Å². The van der Waals surface area contributed by atoms with E-state index < -0.39 is 11.0 Å². The number of carbonyl (C=O) groups excluding carboxylic acids is 1. The van der Waals surface area contributed by atoms with Crippen LogP contribution in [0.1, 0.15) is 29.7 Å². The summed E-state index contributed by atoms with van der Waals surface area (Å²) in [4.78, 5) is 21.9. The molecule has 1 atom stereocenters. The number of carbonyl (C=O) groups is 1. The van der Waals surface area contributed by atoms with Crippen LogP contribution in [0.25, 0.3) is 0 Å². The average Bonchev–Trinajstić information content (AvgIpc) is 2.48. The van der Waals surface area contributed by atoms with Gasteiger partial charge in [-0.15, -0.1) is 0 Å². The molecule has 0 saturated carbocycles. The Bertz CT molecular complexity index is 728. The molecule has 1 N–H and O–H groups in total. The van der Waals surface area contributed by atoms with Crippen LogP contribution >= 0.6 is 11.6 Å². The number of benzene rings is 2. The zero-order valence-corrected chi connectivity index (χ0v) is 13.3. The molecule has 5 nitrogen and oxygen atoms in total. The third-order valence-electron chi connectivity index (χ3n) is 3.47. The van der Waals surface area contributed by atoms with Gasteiger partial charge in [0.25, 0.3) is 5.69 Å². The van der Waals surface area contributed by atoms with Crippen LogP contribution in [0, 0.1) is 10.1 Å². The predicted octanol–water partition coefficient (Wildman–Crippen LogP) is 3.66. The number of nitrogens with zero attached hydrogens (tertiary/aromatic N) is 1. The van der Waals surface area contributed by atoms with Crippen LogP contribution in [0.3, 0.4) is 0 Å². The number of hydrogen-bond acceptors (Lipinski definition) is 4. The summed E-state index contributed by atoms with van der Waals surface area (Å²) in [5.41, 5.74) is 1.60. The van der Waals surface area contributed by atoms with E-state index >= 15 is 0 Å². The smallest absolute Gasteiger partial charge is 0.273 e. The van der Waals surface area contributed by atoms with E-state index in [2.05, 4.69) is 0 Å². The molecule has 1 unspecified atom stereocenters. The molecular formula is C17H16ClNO4. The van der Waals surface area contributed by atoms with Crippen LogP contribution in [0.4, 0.5) is 5.69 Å². The van der Waals surface area contributed by atoms with Crippen LogP contribution in [-0.2, 0) is 17.6 Å². The Morgan fingerprint density at radius 1 is 1.26 bits per heavy atom. The summed E-state index contributed by atoms with van der Waals surface area (Å²) in [6.45, 7) is 1.39. The van der Waals surface area contributed by atoms with E-state index in [1.807, 2.05) is 0 Å². The Labute approximate surface area is 138 Å². The van der Waals surface area contributed by atoms with Crippen LogP contribution in [0.5, 0.6) is 0 Å². The molecule has 0 heterocycles. The second kappa shape index (κ2) is 7.35. The van der Waals surface area contributed by atoms with Gasteiger partial charge in [0.2, 0.25) is 0 Å². The Hall–Kier alpha value is -2.24. The summed E-state index contributed by atoms with van der Waals surface area (Å²) in [6, 6.07) is 11.5. The molecule has 0 aromatic heterocycles. The first-order valence-electron chi connectivity index (χ1n) is 7.06. The average molecular weight is 334 g/mol. The molecule has 0 aliphatic heterocycles. The van der Waals surface area contributed by atoms with E-state index in [0.717, 1.165) is 0 Å². The van der Waals surface area contributed by atoms with Crippen molar-refractivity contribution >= 4 is 23.1 Å². The van der Waals surface area contributed by atoms with Gasteiger partial charge in [-0.05, 0) is 30.2 Å². The van der Waals surface area contributed by atoms with E-state index in [-0.39, 0.29) is 24.3 Å². The lowest BCUT2D eigenvalue weighted by Gasteiger charge is -2.12. The maximum atomic E-state index is 11.2. The number of nitro groups is 1. The van der Waals surface area contributed by atoms with Crippen LogP contribution in [0.15, 0.2) is 42.5 Å². The lowest BCUT2D eigenvalue weighted by atomic mass is 9.98. The van der Waals surface area contributed by atoms with Crippen LogP contribution < -0.4 is 0 Å². The number of hydrogen-bond donors (Lipinski definition) is 1. The number of aliphatic hydroxyl groups excluding tert-OH is 1. The van der Waals surface area contributed by atoms with Gasteiger partial charge in [-0.2, -0.15) is 0 Å². The lowest BCUT2D eigenvalue weighted by Crippen LogP contribution is -2.05. The van der Waals surface area contributed by atoms with Crippen molar-refractivity contribution in [2.24, 2.45) is 0 Å². The SMILES string of the molecule is CC(=O)Cc1ccc(CC(O)c2ccc(Cl)cc2)cc1[N+](=O)[O-]. The molecule has 23 heavy (non-hydrogen) atoms. The van der Waals surface area contributed by atoms with Crippen molar-refractivity contribution < 1.29 is 14.8 Å². The number of Topliss-reactive ketones (excluding diaryl/α,β-unsaturated/α-hetero) is 1. The van der Waals surface area contributed by atoms with Gasteiger partial charge in [0.15, 0.2) is 0 Å². The highest BCUT2D eigenvalue weighted by atomic mass is 35.5. The van der Waals surface area contributed by atoms with E-state index in [0.29, 0.717) is 21.7 Å². The van der Waals surface area contributed by atoms with Gasteiger partial charge in [0, 0.05) is 29.5 Å². The maximum absolute atomic E-state index is 11.2. The van der Waals surface area contributed by atoms with E-state index in [1.54, 1.807) is 36.4 Å². The summed E-state index contributed by atoms with van der Waals surface area (Å²) in [5, 5.41) is 22.0. The Balaban J connectivity index is 2.22. The van der Waals surface area contributed by atoms with Crippen molar-refractivity contribution in [3.63, 3.8) is 0 Å². The summed E-state index contributed by atoms with van der Waals surface area (Å²) in [6.07, 6.45) is -0.523. The first-order valence-corrected chi connectivity index (χ1v) is 7.44. The number of halogens is 1. The van der Waals surface area contributed by atoms with Crippen LogP contribution in [0.2, 0.25) is 5.02 Å². The van der Waals surface area contributed by atoms with Gasteiger partial charge < -0.3 is 5.11 Å². The highest BCUT2D eigenvalue weighted by molar-refractivity contribution is 6.30. The molecule has 6 heteroatoms. The molecule has 0 radical (unpaired) electrons. The predicted molar refractivity (Wildman–Crippen MR) is 87.6 cm³/mol. The molecule has 0 saturated heterocycles. The second-order valence-electron chi connectivity index (χ2n) is 5.37. The summed E-state index contributed by atoms with van der Waals surface area (Å²) < 4.78 is 0. The fraction of sp³-hybridized carbons (Fsp3) is 0.235. The zero-order chi connectivity index (χ0) is 17.0. The van der Waals surface area contributed by atoms with Gasteiger partial charge in [-0.1, -0.05) is 35.9 Å². The van der Waals surface area contributed by atoms with E-state index in [1.165, 1.54) is 13.0 Å². The van der Waals surface area contributed by atoms with Crippen molar-refractivity contribution in [2.45, 2.75) is 25.9 Å². The highest BCUT2D eigenvalue weighted by Gasteiger charge is 2.17. The van der Waals surface area contributed by atoms with E-state index in [9.17, 15) is 20.0 Å². The lowest BCUT2D eigenvalue weighted by molar-refractivity contribution is -0.385. The van der Waals surface area contributed by atoms with Crippen LogP contribution in [-0.4, -0.2) is 15.8 Å². The van der Waals surface area contributed by atoms with Crippen molar-refractivity contribution in [1.29, 1.82) is 0 Å². The fourth-order valence-electron chi connectivity index (χ4n) is 2.35. The fourth-order valence-corrected chi connectivity index (χ4v) is 2.48. The minimum atomic E-state index is -0.787. The highest BCUT2D eigenvalue weighted by Crippen LogP contribution is 2.25. The molecule has 2 aromatic rings. The Morgan fingerprint density at radius 3 is 2.48 bits per heavy atom. The molecular weight excluding hydrogens is 318 g/mol. The first-order chi connectivity index (χ1) is 10.9. The third kappa shape index (κ3) is 4.61. The Morgan fingerprint density at radius 2 is 1.91 bits per heavy atom. The van der Waals surface area contributed by atoms with Gasteiger partial charge in [0.05, 0.1) is 11.0 Å². The van der Waals surface area contributed by atoms with Crippen molar-refractivity contribution in [2.75, 3.05) is 0 Å².